The second kappa shape index (κ2) is 7.53. The van der Waals surface area contributed by atoms with Crippen molar-refractivity contribution in [2.45, 2.75) is 39.4 Å². The first kappa shape index (κ1) is 16.6. The molecule has 0 aliphatic carbocycles. The summed E-state index contributed by atoms with van der Waals surface area (Å²) in [6.07, 6.45) is 4.77. The van der Waals surface area contributed by atoms with Crippen molar-refractivity contribution in [1.82, 2.24) is 9.88 Å². The van der Waals surface area contributed by atoms with Gasteiger partial charge in [-0.25, -0.2) is 0 Å². The van der Waals surface area contributed by atoms with Crippen LogP contribution >= 0.6 is 0 Å². The molecule has 0 saturated heterocycles. The second-order valence-electron chi connectivity index (χ2n) is 6.05. The number of fused-ring (bicyclic) bond motifs is 1. The zero-order valence-corrected chi connectivity index (χ0v) is 14.5. The standard InChI is InChI=1S/C19H24N2O3/c1-4-14(2)21(11-15-5-7-20-8-6-15)12-16-9-17(22-3)19-18(10-16)23-13-24-19/h5-10,14H,4,11-13H2,1-3H3. The number of methoxy groups -OCH3 is 1. The van der Waals surface area contributed by atoms with Gasteiger partial charge in [0.25, 0.3) is 0 Å². The zero-order chi connectivity index (χ0) is 16.9. The monoisotopic (exact) mass is 328 g/mol. The first-order valence-electron chi connectivity index (χ1n) is 8.30. The lowest BCUT2D eigenvalue weighted by Crippen LogP contribution is -2.31. The van der Waals surface area contributed by atoms with E-state index in [1.165, 1.54) is 5.56 Å². The number of nitrogens with zero attached hydrogens (tertiary/aromatic N) is 2. The summed E-state index contributed by atoms with van der Waals surface area (Å²) in [4.78, 5) is 6.55. The molecule has 0 fully saturated rings. The molecule has 1 aliphatic rings. The number of pyridine rings is 1. The van der Waals surface area contributed by atoms with Gasteiger partial charge < -0.3 is 14.2 Å². The highest BCUT2D eigenvalue weighted by atomic mass is 16.7. The fourth-order valence-electron chi connectivity index (χ4n) is 2.86. The quantitative estimate of drug-likeness (QED) is 0.777. The number of benzene rings is 1. The Balaban J connectivity index is 1.82. The summed E-state index contributed by atoms with van der Waals surface area (Å²) in [5.74, 6) is 2.19. The van der Waals surface area contributed by atoms with Crippen molar-refractivity contribution in [2.24, 2.45) is 0 Å². The normalized spacial score (nSPS) is 14.0. The maximum atomic E-state index is 5.54. The number of aromatic nitrogens is 1. The van der Waals surface area contributed by atoms with Crippen LogP contribution in [0.4, 0.5) is 0 Å². The predicted octanol–water partition coefficient (Wildman–Crippen LogP) is 3.62. The minimum atomic E-state index is 0.251. The van der Waals surface area contributed by atoms with E-state index >= 15 is 0 Å². The summed E-state index contributed by atoms with van der Waals surface area (Å²) in [5.41, 5.74) is 2.42. The molecule has 0 bridgehead atoms. The molecule has 1 unspecified atom stereocenters. The highest BCUT2D eigenvalue weighted by molar-refractivity contribution is 5.55. The predicted molar refractivity (Wildman–Crippen MR) is 92.4 cm³/mol. The molecule has 128 valence electrons. The van der Waals surface area contributed by atoms with E-state index in [4.69, 9.17) is 14.2 Å². The molecule has 1 aromatic heterocycles. The molecule has 1 atom stereocenters. The van der Waals surface area contributed by atoms with Crippen LogP contribution in [0.1, 0.15) is 31.4 Å². The van der Waals surface area contributed by atoms with Crippen LogP contribution in [0.25, 0.3) is 0 Å². The molecule has 0 saturated carbocycles. The molecule has 2 aromatic rings. The molecule has 1 aromatic carbocycles. The molecular formula is C19H24N2O3. The Morgan fingerprint density at radius 1 is 1.17 bits per heavy atom. The van der Waals surface area contributed by atoms with E-state index in [1.54, 1.807) is 7.11 Å². The summed E-state index contributed by atoms with van der Waals surface area (Å²) in [6, 6.07) is 8.68. The van der Waals surface area contributed by atoms with E-state index in [9.17, 15) is 0 Å². The van der Waals surface area contributed by atoms with Crippen molar-refractivity contribution in [2.75, 3.05) is 13.9 Å². The summed E-state index contributed by atoms with van der Waals surface area (Å²) in [6.45, 7) is 6.43. The fraction of sp³-hybridized carbons (Fsp3) is 0.421. The van der Waals surface area contributed by atoms with Gasteiger partial charge in [0, 0.05) is 31.5 Å². The van der Waals surface area contributed by atoms with E-state index in [0.29, 0.717) is 11.8 Å². The average molecular weight is 328 g/mol. The maximum Gasteiger partial charge on any atom is 0.231 e. The van der Waals surface area contributed by atoms with E-state index in [0.717, 1.165) is 36.6 Å². The third kappa shape index (κ3) is 3.62. The Kier molecular flexibility index (Phi) is 5.20. The van der Waals surface area contributed by atoms with Crippen molar-refractivity contribution in [1.29, 1.82) is 0 Å². The molecule has 24 heavy (non-hydrogen) atoms. The van der Waals surface area contributed by atoms with Gasteiger partial charge in [0.1, 0.15) is 0 Å². The summed E-state index contributed by atoms with van der Waals surface area (Å²) in [7, 11) is 1.66. The lowest BCUT2D eigenvalue weighted by atomic mass is 10.1. The first-order chi connectivity index (χ1) is 11.7. The maximum absolute atomic E-state index is 5.54. The second-order valence-corrected chi connectivity index (χ2v) is 6.05. The summed E-state index contributed by atoms with van der Waals surface area (Å²) >= 11 is 0. The van der Waals surface area contributed by atoms with E-state index in [1.807, 2.05) is 24.5 Å². The van der Waals surface area contributed by atoms with Crippen LogP contribution in [0.5, 0.6) is 17.2 Å². The molecule has 5 nitrogen and oxygen atoms in total. The minimum Gasteiger partial charge on any atom is -0.493 e. The molecule has 5 heteroatoms. The van der Waals surface area contributed by atoms with E-state index in [-0.39, 0.29) is 6.79 Å². The third-order valence-electron chi connectivity index (χ3n) is 4.45. The largest absolute Gasteiger partial charge is 0.493 e. The number of ether oxygens (including phenoxy) is 3. The van der Waals surface area contributed by atoms with Crippen molar-refractivity contribution in [3.05, 3.63) is 47.8 Å². The molecule has 0 amide bonds. The average Bonchev–Trinajstić information content (AvgIpc) is 3.09. The van der Waals surface area contributed by atoms with Gasteiger partial charge in [0.15, 0.2) is 11.5 Å². The van der Waals surface area contributed by atoms with Crippen LogP contribution in [-0.4, -0.2) is 29.8 Å². The van der Waals surface area contributed by atoms with Gasteiger partial charge in [0.2, 0.25) is 12.5 Å². The smallest absolute Gasteiger partial charge is 0.231 e. The van der Waals surface area contributed by atoms with Crippen LogP contribution in [0, 0.1) is 0 Å². The van der Waals surface area contributed by atoms with Crippen LogP contribution in [-0.2, 0) is 13.1 Å². The van der Waals surface area contributed by atoms with Crippen molar-refractivity contribution in [3.8, 4) is 17.2 Å². The van der Waals surface area contributed by atoms with Crippen LogP contribution in [0.3, 0.4) is 0 Å². The Bertz CT molecular complexity index is 676. The van der Waals surface area contributed by atoms with E-state index in [2.05, 4.69) is 35.9 Å². The van der Waals surface area contributed by atoms with Gasteiger partial charge in [-0.3, -0.25) is 9.88 Å². The molecule has 0 spiro atoms. The molecule has 1 aliphatic heterocycles. The van der Waals surface area contributed by atoms with Gasteiger partial charge in [-0.15, -0.1) is 0 Å². The summed E-state index contributed by atoms with van der Waals surface area (Å²) < 4.78 is 16.5. The first-order valence-corrected chi connectivity index (χ1v) is 8.30. The number of hydrogen-bond donors (Lipinski definition) is 0. The topological polar surface area (TPSA) is 43.8 Å². The fourth-order valence-corrected chi connectivity index (χ4v) is 2.86. The van der Waals surface area contributed by atoms with Gasteiger partial charge in [0.05, 0.1) is 7.11 Å². The SMILES string of the molecule is CCC(C)N(Cc1ccncc1)Cc1cc(OC)c2c(c1)OCO2. The Morgan fingerprint density at radius 2 is 1.92 bits per heavy atom. The van der Waals surface area contributed by atoms with Gasteiger partial charge in [-0.2, -0.15) is 0 Å². The zero-order valence-electron chi connectivity index (χ0n) is 14.5. The van der Waals surface area contributed by atoms with Gasteiger partial charge >= 0.3 is 0 Å². The third-order valence-corrected chi connectivity index (χ3v) is 4.45. The Hall–Kier alpha value is -2.27. The van der Waals surface area contributed by atoms with Gasteiger partial charge in [-0.05, 0) is 48.7 Å². The summed E-state index contributed by atoms with van der Waals surface area (Å²) in [5, 5.41) is 0. The molecule has 0 N–H and O–H groups in total. The van der Waals surface area contributed by atoms with Crippen LogP contribution in [0.15, 0.2) is 36.7 Å². The van der Waals surface area contributed by atoms with Crippen LogP contribution < -0.4 is 14.2 Å². The lowest BCUT2D eigenvalue weighted by Gasteiger charge is -2.28. The number of hydrogen-bond acceptors (Lipinski definition) is 5. The molecular weight excluding hydrogens is 304 g/mol. The Morgan fingerprint density at radius 3 is 2.62 bits per heavy atom. The highest BCUT2D eigenvalue weighted by Crippen LogP contribution is 2.42. The highest BCUT2D eigenvalue weighted by Gasteiger charge is 2.22. The van der Waals surface area contributed by atoms with Crippen LogP contribution in [0.2, 0.25) is 0 Å². The minimum absolute atomic E-state index is 0.251. The molecule has 3 rings (SSSR count). The lowest BCUT2D eigenvalue weighted by molar-refractivity contribution is 0.171. The number of rotatable bonds is 7. The van der Waals surface area contributed by atoms with Crippen molar-refractivity contribution >= 4 is 0 Å². The van der Waals surface area contributed by atoms with E-state index < -0.39 is 0 Å². The molecule has 0 radical (unpaired) electrons. The van der Waals surface area contributed by atoms with Gasteiger partial charge in [-0.1, -0.05) is 6.92 Å². The molecule has 2 heterocycles. The van der Waals surface area contributed by atoms with Crippen molar-refractivity contribution in [3.63, 3.8) is 0 Å². The Labute approximate surface area is 143 Å². The van der Waals surface area contributed by atoms with Crippen molar-refractivity contribution < 1.29 is 14.2 Å².